The van der Waals surface area contributed by atoms with Gasteiger partial charge in [0.2, 0.25) is 0 Å². The van der Waals surface area contributed by atoms with Crippen molar-refractivity contribution in [2.75, 3.05) is 13.2 Å². The average Bonchev–Trinajstić information content (AvgIpc) is 2.40. The summed E-state index contributed by atoms with van der Waals surface area (Å²) in [5, 5.41) is 9.36. The Morgan fingerprint density at radius 1 is 1.37 bits per heavy atom. The van der Waals surface area contributed by atoms with Gasteiger partial charge in [0, 0.05) is 0 Å². The number of hydrogen-bond donors (Lipinski definition) is 0. The molecular weight excluding hydrogens is 240 g/mol. The first-order valence-corrected chi connectivity index (χ1v) is 6.49. The largest absolute Gasteiger partial charge is 0.463 e. The van der Waals surface area contributed by atoms with Crippen LogP contribution in [-0.2, 0) is 9.53 Å². The van der Waals surface area contributed by atoms with Crippen LogP contribution < -0.4 is 0 Å². The van der Waals surface area contributed by atoms with Crippen LogP contribution in [0.2, 0.25) is 0 Å². The number of cyclic esters (lactones) is 1. The topological polar surface area (TPSA) is 53.3 Å². The van der Waals surface area contributed by atoms with Crippen molar-refractivity contribution >= 4 is 5.97 Å². The second-order valence-corrected chi connectivity index (χ2v) is 5.10. The molecule has 100 valence electrons. The lowest BCUT2D eigenvalue weighted by Crippen LogP contribution is -2.49. The summed E-state index contributed by atoms with van der Waals surface area (Å²) in [5.74, 6) is -0.0878. The Hall–Kier alpha value is -1.86. The molecule has 0 amide bonds. The van der Waals surface area contributed by atoms with Crippen molar-refractivity contribution in [2.24, 2.45) is 5.92 Å². The third kappa shape index (κ3) is 2.94. The molecule has 1 aromatic rings. The van der Waals surface area contributed by atoms with Gasteiger partial charge in [0.05, 0.1) is 18.7 Å². The molecule has 0 bridgehead atoms. The van der Waals surface area contributed by atoms with Crippen LogP contribution in [0.5, 0.6) is 0 Å². The highest BCUT2D eigenvalue weighted by atomic mass is 16.5. The predicted octanol–water partition coefficient (Wildman–Crippen LogP) is 2.13. The summed E-state index contributed by atoms with van der Waals surface area (Å²) in [6.07, 6.45) is 0. The number of carbonyl (C=O) groups excluding carboxylic acids is 1. The summed E-state index contributed by atoms with van der Waals surface area (Å²) in [6.45, 7) is 4.48. The second-order valence-electron chi connectivity index (χ2n) is 5.10. The van der Waals surface area contributed by atoms with E-state index in [0.717, 1.165) is 5.56 Å². The summed E-state index contributed by atoms with van der Waals surface area (Å²) >= 11 is 0. The number of nitriles is 1. The molecule has 0 aliphatic carbocycles. The maximum absolute atomic E-state index is 11.5. The Kier molecular flexibility index (Phi) is 4.18. The number of ether oxygens (including phenoxy) is 1. The van der Waals surface area contributed by atoms with Crippen molar-refractivity contribution in [1.29, 1.82) is 5.26 Å². The third-order valence-corrected chi connectivity index (χ3v) is 3.42. The maximum Gasteiger partial charge on any atom is 0.320 e. The van der Waals surface area contributed by atoms with E-state index in [1.54, 1.807) is 0 Å². The van der Waals surface area contributed by atoms with Crippen LogP contribution in [0.15, 0.2) is 30.3 Å². The average molecular weight is 258 g/mol. The molecule has 4 heteroatoms. The van der Waals surface area contributed by atoms with E-state index in [-0.39, 0.29) is 30.5 Å². The first kappa shape index (κ1) is 13.6. The van der Waals surface area contributed by atoms with Crippen LogP contribution in [-0.4, -0.2) is 30.1 Å². The van der Waals surface area contributed by atoms with Gasteiger partial charge in [0.1, 0.15) is 12.6 Å². The molecule has 1 saturated heterocycles. The van der Waals surface area contributed by atoms with Gasteiger partial charge in [0.15, 0.2) is 0 Å². The molecule has 1 fully saturated rings. The Bertz CT molecular complexity index is 479. The monoisotopic (exact) mass is 258 g/mol. The highest BCUT2D eigenvalue weighted by Gasteiger charge is 2.35. The van der Waals surface area contributed by atoms with Gasteiger partial charge >= 0.3 is 5.97 Å². The molecule has 1 aliphatic rings. The summed E-state index contributed by atoms with van der Waals surface area (Å²) < 4.78 is 5.16. The Balaban J connectivity index is 2.30. The number of morpholine rings is 1. The van der Waals surface area contributed by atoms with Crippen LogP contribution in [0.25, 0.3) is 0 Å². The number of nitrogens with zero attached hydrogens (tertiary/aromatic N) is 2. The van der Waals surface area contributed by atoms with Crippen LogP contribution in [0.3, 0.4) is 0 Å². The summed E-state index contributed by atoms with van der Waals surface area (Å²) in [7, 11) is 0. The Morgan fingerprint density at radius 3 is 2.63 bits per heavy atom. The molecule has 2 atom stereocenters. The van der Waals surface area contributed by atoms with E-state index < -0.39 is 0 Å². The Labute approximate surface area is 113 Å². The lowest BCUT2D eigenvalue weighted by molar-refractivity contribution is -0.156. The molecule has 0 saturated carbocycles. The highest BCUT2D eigenvalue weighted by Crippen LogP contribution is 2.28. The normalized spacial score (nSPS) is 21.8. The zero-order valence-electron chi connectivity index (χ0n) is 11.2. The molecule has 0 aromatic heterocycles. The summed E-state index contributed by atoms with van der Waals surface area (Å²) in [5.41, 5.74) is 1.08. The van der Waals surface area contributed by atoms with Crippen LogP contribution in [0, 0.1) is 17.2 Å². The van der Waals surface area contributed by atoms with Crippen molar-refractivity contribution in [3.8, 4) is 6.07 Å². The number of carbonyl (C=O) groups is 1. The Morgan fingerprint density at radius 2 is 2.05 bits per heavy atom. The number of benzene rings is 1. The standard InChI is InChI=1S/C15H18N2O2/c1-11(2)13(8-16)17-9-15(18)19-10-14(17)12-6-4-3-5-7-12/h3-7,11,13-14H,9-10H2,1-2H3/t13-,14-/m1/s1. The SMILES string of the molecule is CC(C)[C@@H](C#N)N1CC(=O)OC[C@@H]1c1ccccc1. The quantitative estimate of drug-likeness (QED) is 0.779. The number of rotatable bonds is 3. The van der Waals surface area contributed by atoms with Crippen molar-refractivity contribution in [3.05, 3.63) is 35.9 Å². The minimum absolute atomic E-state index is 0.0362. The minimum Gasteiger partial charge on any atom is -0.463 e. The lowest BCUT2D eigenvalue weighted by Gasteiger charge is -2.38. The highest BCUT2D eigenvalue weighted by molar-refractivity contribution is 5.72. The van der Waals surface area contributed by atoms with Gasteiger partial charge in [0.25, 0.3) is 0 Å². The molecule has 2 rings (SSSR count). The van der Waals surface area contributed by atoms with Crippen LogP contribution >= 0.6 is 0 Å². The molecule has 1 aromatic carbocycles. The molecule has 4 nitrogen and oxygen atoms in total. The molecule has 0 unspecified atom stereocenters. The van der Waals surface area contributed by atoms with Crippen molar-refractivity contribution in [2.45, 2.75) is 25.9 Å². The van der Waals surface area contributed by atoms with Gasteiger partial charge in [-0.2, -0.15) is 5.26 Å². The fraction of sp³-hybridized carbons (Fsp3) is 0.467. The van der Waals surface area contributed by atoms with Crippen LogP contribution in [0.4, 0.5) is 0 Å². The van der Waals surface area contributed by atoms with E-state index in [1.165, 1.54) is 0 Å². The maximum atomic E-state index is 11.5. The molecule has 0 spiro atoms. The molecule has 19 heavy (non-hydrogen) atoms. The molecular formula is C15H18N2O2. The van der Waals surface area contributed by atoms with Crippen LogP contribution in [0.1, 0.15) is 25.5 Å². The fourth-order valence-corrected chi connectivity index (χ4v) is 2.43. The van der Waals surface area contributed by atoms with E-state index in [9.17, 15) is 10.1 Å². The summed E-state index contributed by atoms with van der Waals surface area (Å²) in [4.78, 5) is 13.5. The van der Waals surface area contributed by atoms with Gasteiger partial charge in [-0.25, -0.2) is 0 Å². The van der Waals surface area contributed by atoms with Gasteiger partial charge < -0.3 is 4.74 Å². The zero-order valence-corrected chi connectivity index (χ0v) is 11.2. The first-order chi connectivity index (χ1) is 9.13. The number of esters is 1. The van der Waals surface area contributed by atoms with Gasteiger partial charge in [-0.1, -0.05) is 44.2 Å². The lowest BCUT2D eigenvalue weighted by atomic mass is 9.97. The van der Waals surface area contributed by atoms with E-state index in [4.69, 9.17) is 4.74 Å². The van der Waals surface area contributed by atoms with Crippen molar-refractivity contribution in [1.82, 2.24) is 4.90 Å². The van der Waals surface area contributed by atoms with Crippen molar-refractivity contribution < 1.29 is 9.53 Å². The summed E-state index contributed by atoms with van der Waals surface area (Å²) in [6, 6.07) is 11.9. The molecule has 1 aliphatic heterocycles. The van der Waals surface area contributed by atoms with Gasteiger partial charge in [-0.05, 0) is 11.5 Å². The van der Waals surface area contributed by atoms with E-state index in [0.29, 0.717) is 6.61 Å². The second kappa shape index (κ2) is 5.85. The third-order valence-electron chi connectivity index (χ3n) is 3.42. The van der Waals surface area contributed by atoms with E-state index in [1.807, 2.05) is 49.1 Å². The van der Waals surface area contributed by atoms with E-state index >= 15 is 0 Å². The smallest absolute Gasteiger partial charge is 0.320 e. The predicted molar refractivity (Wildman–Crippen MR) is 71.1 cm³/mol. The molecule has 0 radical (unpaired) electrons. The fourth-order valence-electron chi connectivity index (χ4n) is 2.43. The van der Waals surface area contributed by atoms with Gasteiger partial charge in [-0.3, -0.25) is 9.69 Å². The number of hydrogen-bond acceptors (Lipinski definition) is 4. The molecule has 0 N–H and O–H groups in total. The molecule has 1 heterocycles. The van der Waals surface area contributed by atoms with E-state index in [2.05, 4.69) is 6.07 Å². The first-order valence-electron chi connectivity index (χ1n) is 6.49. The minimum atomic E-state index is -0.280. The van der Waals surface area contributed by atoms with Crippen molar-refractivity contribution in [3.63, 3.8) is 0 Å². The van der Waals surface area contributed by atoms with Gasteiger partial charge in [-0.15, -0.1) is 0 Å². The zero-order chi connectivity index (χ0) is 13.8.